The lowest BCUT2D eigenvalue weighted by Gasteiger charge is -2.11. The van der Waals surface area contributed by atoms with E-state index in [-0.39, 0.29) is 0 Å². The third-order valence-corrected chi connectivity index (χ3v) is 10.6. The molecule has 9 aromatic carbocycles. The number of rotatable bonds is 3. The minimum Gasteiger partial charge on any atom is -0.309 e. The molecule has 0 aliphatic heterocycles. The Morgan fingerprint density at radius 1 is 0.260 bits per heavy atom. The Morgan fingerprint density at radius 2 is 0.760 bits per heavy atom. The van der Waals surface area contributed by atoms with Crippen LogP contribution in [-0.4, -0.2) is 9.13 Å². The van der Waals surface area contributed by atoms with Crippen molar-refractivity contribution in [2.45, 2.75) is 0 Å². The number of hydrogen-bond acceptors (Lipinski definition) is 0. The van der Waals surface area contributed by atoms with Crippen LogP contribution in [0, 0.1) is 0 Å². The van der Waals surface area contributed by atoms with Gasteiger partial charge in [0.15, 0.2) is 0 Å². The van der Waals surface area contributed by atoms with E-state index < -0.39 is 0 Å². The zero-order chi connectivity index (χ0) is 32.8. The summed E-state index contributed by atoms with van der Waals surface area (Å²) in [5.41, 5.74) is 9.70. The van der Waals surface area contributed by atoms with E-state index in [9.17, 15) is 0 Å². The summed E-state index contributed by atoms with van der Waals surface area (Å²) in [5.74, 6) is 0. The first-order valence-corrected chi connectivity index (χ1v) is 17.3. The average molecular weight is 635 g/mol. The molecule has 0 aliphatic rings. The fourth-order valence-corrected chi connectivity index (χ4v) is 8.39. The predicted octanol–water partition coefficient (Wildman–Crippen LogP) is 13.0. The normalized spacial score (nSPS) is 12.0. The maximum atomic E-state index is 2.45. The van der Waals surface area contributed by atoms with Gasteiger partial charge in [0.2, 0.25) is 0 Å². The SMILES string of the molecule is c1ccc(-n2c3ccccc3c3cc(-c4ccc5cc(-n6c7ccc8ccccc8c7c7c8ccccc8ccc76)ccc5c4)ccc32)cc1. The van der Waals surface area contributed by atoms with Crippen LogP contribution in [0.1, 0.15) is 0 Å². The molecule has 2 heteroatoms. The summed E-state index contributed by atoms with van der Waals surface area (Å²) >= 11 is 0. The summed E-state index contributed by atoms with van der Waals surface area (Å²) in [6.07, 6.45) is 0. The highest BCUT2D eigenvalue weighted by Crippen LogP contribution is 2.41. The lowest BCUT2D eigenvalue weighted by Crippen LogP contribution is -1.94. The number of aromatic nitrogens is 2. The van der Waals surface area contributed by atoms with Gasteiger partial charge < -0.3 is 9.13 Å². The minimum atomic E-state index is 1.17. The van der Waals surface area contributed by atoms with E-state index in [2.05, 4.69) is 191 Å². The van der Waals surface area contributed by atoms with E-state index in [1.807, 2.05) is 0 Å². The lowest BCUT2D eigenvalue weighted by molar-refractivity contribution is 1.18. The van der Waals surface area contributed by atoms with Crippen molar-refractivity contribution >= 4 is 75.9 Å². The van der Waals surface area contributed by atoms with Crippen LogP contribution in [0.3, 0.4) is 0 Å². The zero-order valence-electron chi connectivity index (χ0n) is 27.2. The monoisotopic (exact) mass is 634 g/mol. The summed E-state index contributed by atoms with van der Waals surface area (Å²) in [4.78, 5) is 0. The summed E-state index contributed by atoms with van der Waals surface area (Å²) < 4.78 is 4.82. The molecule has 2 heterocycles. The van der Waals surface area contributed by atoms with Gasteiger partial charge in [-0.1, -0.05) is 121 Å². The van der Waals surface area contributed by atoms with Crippen LogP contribution in [0.15, 0.2) is 182 Å². The fourth-order valence-electron chi connectivity index (χ4n) is 8.39. The van der Waals surface area contributed by atoms with Crippen LogP contribution >= 0.6 is 0 Å². The molecule has 0 saturated heterocycles. The van der Waals surface area contributed by atoms with Crippen molar-refractivity contribution in [1.29, 1.82) is 0 Å². The Bertz CT molecular complexity index is 3050. The minimum absolute atomic E-state index is 1.17. The molecule has 0 aliphatic carbocycles. The highest BCUT2D eigenvalue weighted by molar-refractivity contribution is 6.28. The van der Waals surface area contributed by atoms with Crippen molar-refractivity contribution in [1.82, 2.24) is 9.13 Å². The Balaban J connectivity index is 1.08. The van der Waals surface area contributed by atoms with Crippen molar-refractivity contribution in [2.24, 2.45) is 0 Å². The van der Waals surface area contributed by atoms with Gasteiger partial charge in [-0.2, -0.15) is 0 Å². The van der Waals surface area contributed by atoms with E-state index in [4.69, 9.17) is 0 Å². The second-order valence-corrected chi connectivity index (χ2v) is 13.4. The third-order valence-electron chi connectivity index (χ3n) is 10.6. The lowest BCUT2D eigenvalue weighted by atomic mass is 9.99. The van der Waals surface area contributed by atoms with Crippen LogP contribution in [0.2, 0.25) is 0 Å². The molecule has 0 saturated carbocycles. The van der Waals surface area contributed by atoms with Crippen LogP contribution in [0.5, 0.6) is 0 Å². The Kier molecular flexibility index (Phi) is 5.70. The molecule has 11 aromatic rings. The second kappa shape index (κ2) is 10.4. The van der Waals surface area contributed by atoms with Gasteiger partial charge in [-0.25, -0.2) is 0 Å². The summed E-state index contributed by atoms with van der Waals surface area (Å²) in [5, 5.41) is 12.7. The first kappa shape index (κ1) is 27.3. The van der Waals surface area contributed by atoms with Crippen molar-refractivity contribution in [3.8, 4) is 22.5 Å². The maximum Gasteiger partial charge on any atom is 0.0547 e. The van der Waals surface area contributed by atoms with Gasteiger partial charge in [-0.15, -0.1) is 0 Å². The molecule has 0 radical (unpaired) electrons. The molecule has 0 atom stereocenters. The Hall–Kier alpha value is -6.64. The number of benzene rings is 9. The molecule has 50 heavy (non-hydrogen) atoms. The number of fused-ring (bicyclic) bond motifs is 11. The molecular formula is C48H30N2. The van der Waals surface area contributed by atoms with Crippen molar-refractivity contribution in [3.05, 3.63) is 182 Å². The van der Waals surface area contributed by atoms with Gasteiger partial charge in [-0.05, 0) is 104 Å². The van der Waals surface area contributed by atoms with E-state index >= 15 is 0 Å². The first-order valence-electron chi connectivity index (χ1n) is 17.3. The topological polar surface area (TPSA) is 9.86 Å². The van der Waals surface area contributed by atoms with Gasteiger partial charge in [0.25, 0.3) is 0 Å². The molecule has 232 valence electrons. The molecule has 0 unspecified atom stereocenters. The summed E-state index contributed by atoms with van der Waals surface area (Å²) in [6, 6.07) is 66.7. The second-order valence-electron chi connectivity index (χ2n) is 13.4. The summed E-state index contributed by atoms with van der Waals surface area (Å²) in [7, 11) is 0. The average Bonchev–Trinajstić information content (AvgIpc) is 3.71. The van der Waals surface area contributed by atoms with Gasteiger partial charge in [0.1, 0.15) is 0 Å². The standard InChI is InChI=1S/C48H30N2/c1-2-12-37(13-3-1)49-43-17-9-8-16-41(43)42-30-36(23-25-44(42)49)33-18-19-35-29-38(24-20-34(35)28-33)50-45-26-21-31-10-4-6-14-39(31)47(45)48-40-15-7-5-11-32(40)22-27-46(48)50/h1-30H. The maximum absolute atomic E-state index is 2.45. The fraction of sp³-hybridized carbons (Fsp3) is 0. The number of nitrogens with zero attached hydrogens (tertiary/aromatic N) is 2. The molecule has 2 aromatic heterocycles. The highest BCUT2D eigenvalue weighted by atomic mass is 15.0. The number of hydrogen-bond donors (Lipinski definition) is 0. The third kappa shape index (κ3) is 3.90. The van der Waals surface area contributed by atoms with Crippen LogP contribution in [-0.2, 0) is 0 Å². The van der Waals surface area contributed by atoms with E-state index in [0.717, 1.165) is 0 Å². The van der Waals surface area contributed by atoms with Gasteiger partial charge in [0.05, 0.1) is 22.1 Å². The van der Waals surface area contributed by atoms with Gasteiger partial charge >= 0.3 is 0 Å². The molecule has 2 nitrogen and oxygen atoms in total. The molecular weight excluding hydrogens is 605 g/mol. The van der Waals surface area contributed by atoms with Crippen molar-refractivity contribution < 1.29 is 0 Å². The largest absolute Gasteiger partial charge is 0.309 e. The molecule has 0 N–H and O–H groups in total. The van der Waals surface area contributed by atoms with Gasteiger partial charge in [0, 0.05) is 32.9 Å². The summed E-state index contributed by atoms with van der Waals surface area (Å²) in [6.45, 7) is 0. The first-order chi connectivity index (χ1) is 24.8. The molecule has 0 spiro atoms. The van der Waals surface area contributed by atoms with E-state index in [0.29, 0.717) is 0 Å². The van der Waals surface area contributed by atoms with Gasteiger partial charge in [-0.3, -0.25) is 0 Å². The molecule has 0 bridgehead atoms. The van der Waals surface area contributed by atoms with Crippen molar-refractivity contribution in [2.75, 3.05) is 0 Å². The Labute approximate surface area is 288 Å². The highest BCUT2D eigenvalue weighted by Gasteiger charge is 2.18. The van der Waals surface area contributed by atoms with Crippen LogP contribution in [0.4, 0.5) is 0 Å². The zero-order valence-corrected chi connectivity index (χ0v) is 27.2. The van der Waals surface area contributed by atoms with Crippen LogP contribution < -0.4 is 0 Å². The molecule has 11 rings (SSSR count). The predicted molar refractivity (Wildman–Crippen MR) is 213 cm³/mol. The molecule has 0 fully saturated rings. The Morgan fingerprint density at radius 3 is 1.50 bits per heavy atom. The van der Waals surface area contributed by atoms with E-state index in [1.165, 1.54) is 98.4 Å². The quantitative estimate of drug-likeness (QED) is 0.183. The molecule has 0 amide bonds. The van der Waals surface area contributed by atoms with E-state index in [1.54, 1.807) is 0 Å². The van der Waals surface area contributed by atoms with Crippen molar-refractivity contribution in [3.63, 3.8) is 0 Å². The van der Waals surface area contributed by atoms with Crippen LogP contribution in [0.25, 0.3) is 98.4 Å². The smallest absolute Gasteiger partial charge is 0.0547 e. The number of para-hydroxylation sites is 2.